The van der Waals surface area contributed by atoms with Gasteiger partial charge in [-0.25, -0.2) is 0 Å². The molecule has 4 nitrogen and oxygen atoms in total. The lowest BCUT2D eigenvalue weighted by Gasteiger charge is -2.32. The summed E-state index contributed by atoms with van der Waals surface area (Å²) in [6, 6.07) is 7.23. The Balaban J connectivity index is 0.00000288. The van der Waals surface area contributed by atoms with Crippen molar-refractivity contribution in [2.45, 2.75) is 45.2 Å². The molecule has 136 valence electrons. The third kappa shape index (κ3) is 5.92. The second-order valence-corrected chi connectivity index (χ2v) is 6.59. The van der Waals surface area contributed by atoms with Crippen LogP contribution in [-0.4, -0.2) is 36.6 Å². The summed E-state index contributed by atoms with van der Waals surface area (Å²) in [7, 11) is 0. The zero-order valence-electron chi connectivity index (χ0n) is 14.2. The molecule has 1 aliphatic heterocycles. The quantitative estimate of drug-likeness (QED) is 0.792. The number of nitrogens with two attached hydrogens (primary N) is 1. The minimum absolute atomic E-state index is 0. The summed E-state index contributed by atoms with van der Waals surface area (Å²) in [6.07, 6.45) is 3.73. The minimum Gasteiger partial charge on any atom is -0.381 e. The van der Waals surface area contributed by atoms with Gasteiger partial charge >= 0.3 is 0 Å². The highest BCUT2D eigenvalue weighted by Gasteiger charge is 2.30. The number of unbranched alkanes of at least 4 members (excludes halogenated alkanes) is 1. The zero-order valence-corrected chi connectivity index (χ0v) is 15.8. The smallest absolute Gasteiger partial charge is 0.240 e. The lowest BCUT2D eigenvalue weighted by Crippen LogP contribution is -2.49. The van der Waals surface area contributed by atoms with Gasteiger partial charge in [0.15, 0.2) is 0 Å². The molecule has 0 spiro atoms. The molecule has 1 amide bonds. The summed E-state index contributed by atoms with van der Waals surface area (Å²) in [5.41, 5.74) is 7.25. The number of benzene rings is 1. The maximum absolute atomic E-state index is 12.9. The summed E-state index contributed by atoms with van der Waals surface area (Å²) >= 11 is 6.25. The first-order valence-corrected chi connectivity index (χ1v) is 8.86. The van der Waals surface area contributed by atoms with Crippen LogP contribution in [0.5, 0.6) is 0 Å². The number of nitrogens with zero attached hydrogens (tertiary/aromatic N) is 1. The average molecular weight is 375 g/mol. The van der Waals surface area contributed by atoms with Gasteiger partial charge in [0.25, 0.3) is 0 Å². The van der Waals surface area contributed by atoms with Crippen LogP contribution in [0.25, 0.3) is 0 Å². The number of rotatable bonds is 7. The maximum Gasteiger partial charge on any atom is 0.240 e. The third-order valence-electron chi connectivity index (χ3n) is 4.47. The van der Waals surface area contributed by atoms with E-state index in [9.17, 15) is 4.79 Å². The van der Waals surface area contributed by atoms with Crippen LogP contribution in [0, 0.1) is 5.92 Å². The van der Waals surface area contributed by atoms with Gasteiger partial charge in [0.1, 0.15) is 0 Å². The van der Waals surface area contributed by atoms with Crippen LogP contribution in [0.3, 0.4) is 0 Å². The first-order valence-electron chi connectivity index (χ1n) is 8.49. The molecule has 0 saturated carbocycles. The average Bonchev–Trinajstić information content (AvgIpc) is 2.59. The Bertz CT molecular complexity index is 508. The van der Waals surface area contributed by atoms with E-state index in [-0.39, 0.29) is 24.2 Å². The van der Waals surface area contributed by atoms with E-state index < -0.39 is 6.04 Å². The van der Waals surface area contributed by atoms with Crippen LogP contribution in [0.15, 0.2) is 24.3 Å². The Kier molecular flexibility index (Phi) is 9.67. The number of hydrogen-bond donors (Lipinski definition) is 1. The molecule has 1 aromatic carbocycles. The van der Waals surface area contributed by atoms with Gasteiger partial charge in [-0.15, -0.1) is 12.4 Å². The molecule has 6 heteroatoms. The Morgan fingerprint density at radius 1 is 1.38 bits per heavy atom. The first-order chi connectivity index (χ1) is 11.1. The van der Waals surface area contributed by atoms with Crippen molar-refractivity contribution in [1.82, 2.24) is 4.90 Å². The number of ether oxygens (including phenoxy) is 1. The van der Waals surface area contributed by atoms with E-state index in [1.807, 2.05) is 29.2 Å². The van der Waals surface area contributed by atoms with Crippen LogP contribution in [-0.2, 0) is 16.1 Å². The minimum atomic E-state index is -0.446. The Morgan fingerprint density at radius 3 is 2.67 bits per heavy atom. The lowest BCUT2D eigenvalue weighted by molar-refractivity contribution is -0.135. The topological polar surface area (TPSA) is 55.6 Å². The molecule has 1 aromatic rings. The molecular weight excluding hydrogens is 347 g/mol. The van der Waals surface area contributed by atoms with Crippen LogP contribution in [0.4, 0.5) is 0 Å². The van der Waals surface area contributed by atoms with Crippen molar-refractivity contribution in [3.63, 3.8) is 0 Å². The molecule has 0 bridgehead atoms. The number of hydrogen-bond acceptors (Lipinski definition) is 3. The molecule has 0 radical (unpaired) electrons. The van der Waals surface area contributed by atoms with Gasteiger partial charge in [-0.1, -0.05) is 43.1 Å². The van der Waals surface area contributed by atoms with Crippen molar-refractivity contribution in [2.75, 3.05) is 19.8 Å². The summed E-state index contributed by atoms with van der Waals surface area (Å²) in [4.78, 5) is 14.7. The van der Waals surface area contributed by atoms with E-state index in [2.05, 4.69) is 6.92 Å². The van der Waals surface area contributed by atoms with Gasteiger partial charge in [0.2, 0.25) is 5.91 Å². The SMILES string of the molecule is CCCCN(Cc1ccccc1Cl)C(=O)C(N)C1CCOCC1.Cl. The van der Waals surface area contributed by atoms with Crippen LogP contribution in [0.2, 0.25) is 5.02 Å². The Hall–Kier alpha value is -0.810. The highest BCUT2D eigenvalue weighted by molar-refractivity contribution is 6.31. The van der Waals surface area contributed by atoms with Crippen molar-refractivity contribution in [3.05, 3.63) is 34.9 Å². The maximum atomic E-state index is 12.9. The normalized spacial score (nSPS) is 16.3. The van der Waals surface area contributed by atoms with Gasteiger partial charge in [-0.3, -0.25) is 4.79 Å². The van der Waals surface area contributed by atoms with E-state index in [0.29, 0.717) is 24.8 Å². The van der Waals surface area contributed by atoms with Crippen molar-refractivity contribution in [3.8, 4) is 0 Å². The molecule has 1 heterocycles. The highest BCUT2D eigenvalue weighted by Crippen LogP contribution is 2.22. The molecule has 1 saturated heterocycles. The number of halogens is 2. The summed E-state index contributed by atoms with van der Waals surface area (Å²) in [6.45, 7) is 4.76. The van der Waals surface area contributed by atoms with Crippen molar-refractivity contribution >= 4 is 29.9 Å². The van der Waals surface area contributed by atoms with Crippen LogP contribution >= 0.6 is 24.0 Å². The number of amides is 1. The van der Waals surface area contributed by atoms with Crippen molar-refractivity contribution in [1.29, 1.82) is 0 Å². The lowest BCUT2D eigenvalue weighted by atomic mass is 9.91. The van der Waals surface area contributed by atoms with Gasteiger partial charge in [0, 0.05) is 31.3 Å². The van der Waals surface area contributed by atoms with E-state index in [1.54, 1.807) is 0 Å². The van der Waals surface area contributed by atoms with E-state index in [4.69, 9.17) is 22.1 Å². The van der Waals surface area contributed by atoms with Crippen molar-refractivity contribution in [2.24, 2.45) is 11.7 Å². The van der Waals surface area contributed by atoms with E-state index in [1.165, 1.54) is 0 Å². The largest absolute Gasteiger partial charge is 0.381 e. The molecule has 0 aromatic heterocycles. The van der Waals surface area contributed by atoms with E-state index in [0.717, 1.165) is 37.8 Å². The van der Waals surface area contributed by atoms with Crippen molar-refractivity contribution < 1.29 is 9.53 Å². The zero-order chi connectivity index (χ0) is 16.7. The number of carbonyl (C=O) groups excluding carboxylic acids is 1. The Morgan fingerprint density at radius 2 is 2.04 bits per heavy atom. The summed E-state index contributed by atoms with van der Waals surface area (Å²) in [5, 5.41) is 0.696. The second-order valence-electron chi connectivity index (χ2n) is 6.18. The molecule has 2 rings (SSSR count). The summed E-state index contributed by atoms with van der Waals surface area (Å²) in [5.74, 6) is 0.247. The van der Waals surface area contributed by atoms with E-state index >= 15 is 0 Å². The summed E-state index contributed by atoms with van der Waals surface area (Å²) < 4.78 is 5.37. The predicted molar refractivity (Wildman–Crippen MR) is 101 cm³/mol. The fourth-order valence-electron chi connectivity index (χ4n) is 2.94. The predicted octanol–water partition coefficient (Wildman–Crippen LogP) is 3.64. The molecule has 2 N–H and O–H groups in total. The van der Waals surface area contributed by atoms with Gasteiger partial charge in [-0.2, -0.15) is 0 Å². The van der Waals surface area contributed by atoms with Gasteiger partial charge in [-0.05, 0) is 36.8 Å². The monoisotopic (exact) mass is 374 g/mol. The molecule has 1 aliphatic rings. The fraction of sp³-hybridized carbons (Fsp3) is 0.611. The Labute approximate surface area is 156 Å². The molecule has 1 fully saturated rings. The fourth-order valence-corrected chi connectivity index (χ4v) is 3.13. The molecule has 1 unspecified atom stereocenters. The first kappa shape index (κ1) is 21.2. The third-order valence-corrected chi connectivity index (χ3v) is 4.84. The molecule has 0 aliphatic carbocycles. The van der Waals surface area contributed by atoms with Gasteiger partial charge < -0.3 is 15.4 Å². The molecule has 24 heavy (non-hydrogen) atoms. The second kappa shape index (κ2) is 10.9. The van der Waals surface area contributed by atoms with Crippen LogP contribution in [0.1, 0.15) is 38.2 Å². The number of carbonyl (C=O) groups is 1. The van der Waals surface area contributed by atoms with Crippen LogP contribution < -0.4 is 5.73 Å². The highest BCUT2D eigenvalue weighted by atomic mass is 35.5. The standard InChI is InChI=1S/C18H27ClN2O2.ClH/c1-2-3-10-21(13-15-6-4-5-7-16(15)19)18(22)17(20)14-8-11-23-12-9-14;/h4-7,14,17H,2-3,8-13,20H2,1H3;1H. The molecule has 1 atom stereocenters. The van der Waals surface area contributed by atoms with Gasteiger partial charge in [0.05, 0.1) is 6.04 Å². The molecular formula is C18H28Cl2N2O2.